The number of anilines is 1. The van der Waals surface area contributed by atoms with E-state index in [2.05, 4.69) is 14.8 Å². The molecule has 2 fully saturated rings. The van der Waals surface area contributed by atoms with Gasteiger partial charge in [-0.3, -0.25) is 4.90 Å². The molecule has 1 unspecified atom stereocenters. The van der Waals surface area contributed by atoms with E-state index in [1.165, 1.54) is 31.0 Å². The summed E-state index contributed by atoms with van der Waals surface area (Å²) in [5.41, 5.74) is 0.156. The Kier molecular flexibility index (Phi) is 4.37. The van der Waals surface area contributed by atoms with Crippen molar-refractivity contribution in [3.8, 4) is 0 Å². The first-order valence-corrected chi connectivity index (χ1v) is 8.83. The van der Waals surface area contributed by atoms with Gasteiger partial charge < -0.3 is 4.90 Å². The molecule has 0 spiro atoms. The van der Waals surface area contributed by atoms with E-state index >= 15 is 0 Å². The van der Waals surface area contributed by atoms with Crippen molar-refractivity contribution in [2.75, 3.05) is 25.0 Å². The second kappa shape index (κ2) is 6.67. The Morgan fingerprint density at radius 3 is 2.64 bits per heavy atom. The molecule has 1 saturated heterocycles. The SMILES string of the molecule is CN(c1ccnc(C2CC2)n1)C1CCN(Cc2c(F)cccc2F)C1. The van der Waals surface area contributed by atoms with Crippen molar-refractivity contribution in [2.45, 2.75) is 37.8 Å². The number of hydrogen-bond donors (Lipinski definition) is 0. The highest BCUT2D eigenvalue weighted by atomic mass is 19.1. The number of nitrogens with zero attached hydrogens (tertiary/aromatic N) is 4. The average Bonchev–Trinajstić information content (AvgIpc) is 3.37. The smallest absolute Gasteiger partial charge is 0.133 e. The van der Waals surface area contributed by atoms with Gasteiger partial charge >= 0.3 is 0 Å². The van der Waals surface area contributed by atoms with Crippen molar-refractivity contribution in [2.24, 2.45) is 0 Å². The number of likely N-dealkylation sites (tertiary alicyclic amines) is 1. The molecule has 1 aromatic carbocycles. The molecule has 1 aromatic heterocycles. The van der Waals surface area contributed by atoms with Crippen LogP contribution in [0.5, 0.6) is 0 Å². The lowest BCUT2D eigenvalue weighted by atomic mass is 10.2. The summed E-state index contributed by atoms with van der Waals surface area (Å²) in [6.45, 7) is 1.90. The summed E-state index contributed by atoms with van der Waals surface area (Å²) in [4.78, 5) is 13.3. The van der Waals surface area contributed by atoms with Crippen molar-refractivity contribution in [3.05, 3.63) is 53.5 Å². The third kappa shape index (κ3) is 3.49. The van der Waals surface area contributed by atoms with Gasteiger partial charge in [0, 0.05) is 50.4 Å². The van der Waals surface area contributed by atoms with Crippen LogP contribution < -0.4 is 4.90 Å². The van der Waals surface area contributed by atoms with Crippen molar-refractivity contribution in [3.63, 3.8) is 0 Å². The van der Waals surface area contributed by atoms with E-state index in [0.717, 1.165) is 31.2 Å². The first-order valence-electron chi connectivity index (χ1n) is 8.83. The predicted octanol–water partition coefficient (Wildman–Crippen LogP) is 3.34. The van der Waals surface area contributed by atoms with Crippen LogP contribution in [0, 0.1) is 11.6 Å². The van der Waals surface area contributed by atoms with Crippen LogP contribution in [-0.4, -0.2) is 41.0 Å². The minimum atomic E-state index is -0.471. The molecule has 0 bridgehead atoms. The lowest BCUT2D eigenvalue weighted by Crippen LogP contribution is -2.35. The lowest BCUT2D eigenvalue weighted by Gasteiger charge is -2.26. The molecule has 2 aliphatic rings. The predicted molar refractivity (Wildman–Crippen MR) is 92.5 cm³/mol. The Morgan fingerprint density at radius 1 is 1.16 bits per heavy atom. The monoisotopic (exact) mass is 344 g/mol. The molecule has 0 amide bonds. The molecule has 0 N–H and O–H groups in total. The van der Waals surface area contributed by atoms with Crippen molar-refractivity contribution in [1.82, 2.24) is 14.9 Å². The van der Waals surface area contributed by atoms with E-state index in [-0.39, 0.29) is 11.6 Å². The van der Waals surface area contributed by atoms with Crippen molar-refractivity contribution < 1.29 is 8.78 Å². The van der Waals surface area contributed by atoms with Gasteiger partial charge in [0.1, 0.15) is 23.3 Å². The zero-order valence-corrected chi connectivity index (χ0v) is 14.3. The largest absolute Gasteiger partial charge is 0.355 e. The molecule has 2 aromatic rings. The van der Waals surface area contributed by atoms with Crippen LogP contribution in [0.15, 0.2) is 30.5 Å². The van der Waals surface area contributed by atoms with Gasteiger partial charge in [-0.05, 0) is 37.5 Å². The highest BCUT2D eigenvalue weighted by molar-refractivity contribution is 5.39. The number of aromatic nitrogens is 2. The van der Waals surface area contributed by atoms with Crippen LogP contribution in [0.2, 0.25) is 0 Å². The fourth-order valence-electron chi connectivity index (χ4n) is 3.46. The lowest BCUT2D eigenvalue weighted by molar-refractivity contribution is 0.313. The van der Waals surface area contributed by atoms with Gasteiger partial charge in [-0.1, -0.05) is 6.07 Å². The third-order valence-corrected chi connectivity index (χ3v) is 5.20. The maximum atomic E-state index is 13.9. The molecule has 1 aliphatic heterocycles. The van der Waals surface area contributed by atoms with Crippen molar-refractivity contribution >= 4 is 5.82 Å². The zero-order valence-electron chi connectivity index (χ0n) is 14.3. The molecule has 0 radical (unpaired) electrons. The Balaban J connectivity index is 1.42. The summed E-state index contributed by atoms with van der Waals surface area (Å²) in [6.07, 6.45) is 5.14. The molecule has 1 aliphatic carbocycles. The van der Waals surface area contributed by atoms with E-state index in [0.29, 0.717) is 12.5 Å². The summed E-state index contributed by atoms with van der Waals surface area (Å²) in [7, 11) is 2.04. The summed E-state index contributed by atoms with van der Waals surface area (Å²) in [6, 6.07) is 6.26. The quantitative estimate of drug-likeness (QED) is 0.833. The van der Waals surface area contributed by atoms with E-state index in [1.54, 1.807) is 0 Å². The van der Waals surface area contributed by atoms with E-state index in [4.69, 9.17) is 4.98 Å². The number of halogens is 2. The van der Waals surface area contributed by atoms with Crippen LogP contribution in [0.1, 0.15) is 36.6 Å². The number of rotatable bonds is 5. The molecule has 4 nitrogen and oxygen atoms in total. The van der Waals surface area contributed by atoms with Gasteiger partial charge in [0.15, 0.2) is 0 Å². The van der Waals surface area contributed by atoms with E-state index in [1.807, 2.05) is 19.3 Å². The van der Waals surface area contributed by atoms with Crippen LogP contribution in [0.3, 0.4) is 0 Å². The Hall–Kier alpha value is -2.08. The van der Waals surface area contributed by atoms with Crippen LogP contribution in [0.4, 0.5) is 14.6 Å². The average molecular weight is 344 g/mol. The van der Waals surface area contributed by atoms with E-state index in [9.17, 15) is 8.78 Å². The molecule has 132 valence electrons. The summed E-state index contributed by atoms with van der Waals surface area (Å²) < 4.78 is 27.7. The fraction of sp³-hybridized carbons (Fsp3) is 0.474. The minimum absolute atomic E-state index is 0.156. The molecule has 25 heavy (non-hydrogen) atoms. The Bertz CT molecular complexity index is 743. The van der Waals surface area contributed by atoms with Crippen molar-refractivity contribution in [1.29, 1.82) is 0 Å². The number of likely N-dealkylation sites (N-methyl/N-ethyl adjacent to an activating group) is 1. The third-order valence-electron chi connectivity index (χ3n) is 5.20. The minimum Gasteiger partial charge on any atom is -0.355 e. The maximum Gasteiger partial charge on any atom is 0.133 e. The highest BCUT2D eigenvalue weighted by Crippen LogP contribution is 2.38. The second-order valence-electron chi connectivity index (χ2n) is 7.04. The number of hydrogen-bond acceptors (Lipinski definition) is 4. The second-order valence-corrected chi connectivity index (χ2v) is 7.04. The molecule has 1 saturated carbocycles. The summed E-state index contributed by atoms with van der Waals surface area (Å²) >= 11 is 0. The Morgan fingerprint density at radius 2 is 1.92 bits per heavy atom. The fourth-order valence-corrected chi connectivity index (χ4v) is 3.46. The molecule has 2 heterocycles. The van der Waals surface area contributed by atoms with Gasteiger partial charge in [-0.2, -0.15) is 0 Å². The van der Waals surface area contributed by atoms with Gasteiger partial charge in [0.25, 0.3) is 0 Å². The van der Waals surface area contributed by atoms with Gasteiger partial charge in [0.2, 0.25) is 0 Å². The highest BCUT2D eigenvalue weighted by Gasteiger charge is 2.30. The van der Waals surface area contributed by atoms with Gasteiger partial charge in [0.05, 0.1) is 0 Å². The number of benzene rings is 1. The Labute approximate surface area is 146 Å². The molecular formula is C19H22F2N4. The van der Waals surface area contributed by atoms with Gasteiger partial charge in [-0.25, -0.2) is 18.7 Å². The molecular weight excluding hydrogens is 322 g/mol. The molecule has 4 rings (SSSR count). The van der Waals surface area contributed by atoms with Crippen LogP contribution in [0.25, 0.3) is 0 Å². The molecule has 1 atom stereocenters. The van der Waals surface area contributed by atoms with Gasteiger partial charge in [-0.15, -0.1) is 0 Å². The first-order chi connectivity index (χ1) is 12.1. The summed E-state index contributed by atoms with van der Waals surface area (Å²) in [5, 5.41) is 0. The zero-order chi connectivity index (χ0) is 17.4. The topological polar surface area (TPSA) is 32.3 Å². The van der Waals surface area contributed by atoms with Crippen LogP contribution in [-0.2, 0) is 6.54 Å². The van der Waals surface area contributed by atoms with E-state index < -0.39 is 11.6 Å². The normalized spacial score (nSPS) is 20.8. The maximum absolute atomic E-state index is 13.9. The standard InChI is InChI=1S/C19H22F2N4/c1-24(18-7-9-22-19(23-18)13-5-6-13)14-8-10-25(11-14)12-15-16(20)3-2-4-17(15)21/h2-4,7,9,13-14H,5-6,8,10-12H2,1H3. The molecule has 6 heteroatoms. The summed E-state index contributed by atoms with van der Waals surface area (Å²) in [5.74, 6) is 1.45. The van der Waals surface area contributed by atoms with Crippen LogP contribution >= 0.6 is 0 Å². The first kappa shape index (κ1) is 16.4.